The summed E-state index contributed by atoms with van der Waals surface area (Å²) in [6.07, 6.45) is -0.611. The number of carbonyl (C=O) groups is 4. The van der Waals surface area contributed by atoms with Crippen LogP contribution in [0, 0.1) is 0 Å². The molecule has 5 rings (SSSR count). The highest BCUT2D eigenvalue weighted by Crippen LogP contribution is 2.60. The van der Waals surface area contributed by atoms with Crippen molar-refractivity contribution in [1.29, 1.82) is 0 Å². The molecule has 2 aromatic rings. The second-order valence-corrected chi connectivity index (χ2v) is 10.5. The topological polar surface area (TPSA) is 96.5 Å². The van der Waals surface area contributed by atoms with Crippen LogP contribution in [0.4, 0.5) is 10.5 Å². The van der Waals surface area contributed by atoms with Crippen molar-refractivity contribution in [1.82, 2.24) is 10.0 Å². The summed E-state index contributed by atoms with van der Waals surface area (Å²) in [5, 5.41) is 5.03. The molecule has 9 nitrogen and oxygen atoms in total. The number of anilines is 1. The number of ether oxygens (including phenoxy) is 2. The number of amides is 3. The molecule has 3 aliphatic heterocycles. The van der Waals surface area contributed by atoms with Crippen molar-refractivity contribution < 1.29 is 28.7 Å². The lowest BCUT2D eigenvalue weighted by Crippen LogP contribution is -2.57. The van der Waals surface area contributed by atoms with Crippen LogP contribution in [-0.4, -0.2) is 59.2 Å². The van der Waals surface area contributed by atoms with Gasteiger partial charge in [-0.25, -0.2) is 19.5 Å². The predicted octanol–water partition coefficient (Wildman–Crippen LogP) is 3.01. The molecule has 3 atom stereocenters. The smallest absolute Gasteiger partial charge is 0.421 e. The van der Waals surface area contributed by atoms with Crippen LogP contribution in [0.5, 0.6) is 0 Å². The minimum Gasteiger partial charge on any atom is -0.467 e. The molecule has 3 aliphatic rings. The molecule has 2 saturated heterocycles. The van der Waals surface area contributed by atoms with Crippen LogP contribution >= 0.6 is 11.3 Å². The Morgan fingerprint density at radius 3 is 2.50 bits per heavy atom. The average molecular weight is 484 g/mol. The van der Waals surface area contributed by atoms with E-state index in [4.69, 9.17) is 9.47 Å². The number of nitrogens with zero attached hydrogens (tertiary/aromatic N) is 3. The van der Waals surface area contributed by atoms with E-state index < -0.39 is 41.1 Å². The van der Waals surface area contributed by atoms with Gasteiger partial charge in [-0.05, 0) is 43.8 Å². The number of fused-ring (bicyclic) bond motifs is 3. The minimum atomic E-state index is -1.58. The third-order valence-electron chi connectivity index (χ3n) is 6.45. The molecule has 0 N–H and O–H groups in total. The van der Waals surface area contributed by atoms with Crippen molar-refractivity contribution in [2.24, 2.45) is 0 Å². The van der Waals surface area contributed by atoms with E-state index in [1.807, 2.05) is 17.5 Å². The quantitative estimate of drug-likeness (QED) is 0.606. The van der Waals surface area contributed by atoms with Crippen LogP contribution in [0.2, 0.25) is 0 Å². The van der Waals surface area contributed by atoms with Gasteiger partial charge in [-0.3, -0.25) is 14.6 Å². The van der Waals surface area contributed by atoms with Gasteiger partial charge in [0, 0.05) is 17.8 Å². The maximum atomic E-state index is 14.4. The van der Waals surface area contributed by atoms with Crippen molar-refractivity contribution in [3.05, 3.63) is 52.2 Å². The Morgan fingerprint density at radius 1 is 1.12 bits per heavy atom. The predicted molar refractivity (Wildman–Crippen MR) is 123 cm³/mol. The zero-order chi connectivity index (χ0) is 24.4. The second-order valence-electron chi connectivity index (χ2n) is 9.50. The van der Waals surface area contributed by atoms with E-state index in [0.717, 1.165) is 9.78 Å². The zero-order valence-corrected chi connectivity index (χ0v) is 20.1. The van der Waals surface area contributed by atoms with Gasteiger partial charge >= 0.3 is 12.1 Å². The Morgan fingerprint density at radius 2 is 1.85 bits per heavy atom. The van der Waals surface area contributed by atoms with Crippen molar-refractivity contribution in [2.75, 3.05) is 18.6 Å². The van der Waals surface area contributed by atoms with Crippen LogP contribution < -0.4 is 4.90 Å². The summed E-state index contributed by atoms with van der Waals surface area (Å²) in [4.78, 5) is 55.9. The number of hydrazine groups is 1. The van der Waals surface area contributed by atoms with Crippen LogP contribution in [0.15, 0.2) is 41.8 Å². The van der Waals surface area contributed by atoms with E-state index in [2.05, 4.69) is 0 Å². The van der Waals surface area contributed by atoms with E-state index >= 15 is 0 Å². The number of thiophene rings is 1. The third-order valence-corrected chi connectivity index (χ3v) is 7.38. The van der Waals surface area contributed by atoms with Crippen molar-refractivity contribution >= 4 is 40.9 Å². The maximum absolute atomic E-state index is 14.4. The molecule has 2 fully saturated rings. The van der Waals surface area contributed by atoms with E-state index in [-0.39, 0.29) is 12.3 Å². The standard InChI is InChI=1S/C24H25N3O6S/c1-23(2,3)33-22(31)26-15-9-6-5-8-14(15)24(21(26)30)18(16-10-7-13-34-16)25-12-11-17(28)27(25)19(24)20(29)32-4/h5-10,13,18-19H,11-12H2,1-4H3/t18-,19+,24?/m0/s1. The van der Waals surface area contributed by atoms with Crippen molar-refractivity contribution in [2.45, 2.75) is 50.3 Å². The first-order valence-corrected chi connectivity index (χ1v) is 11.9. The van der Waals surface area contributed by atoms with Gasteiger partial charge < -0.3 is 9.47 Å². The number of rotatable bonds is 2. The van der Waals surface area contributed by atoms with Gasteiger partial charge in [0.15, 0.2) is 6.04 Å². The maximum Gasteiger partial charge on any atom is 0.421 e. The van der Waals surface area contributed by atoms with Crippen LogP contribution in [0.25, 0.3) is 0 Å². The molecule has 3 amide bonds. The second kappa shape index (κ2) is 7.64. The highest BCUT2D eigenvalue weighted by Gasteiger charge is 2.74. The van der Waals surface area contributed by atoms with E-state index in [1.54, 1.807) is 50.0 Å². The summed E-state index contributed by atoms with van der Waals surface area (Å²) in [6, 6.07) is 8.67. The molecular formula is C24H25N3O6S. The van der Waals surface area contributed by atoms with Gasteiger partial charge in [-0.1, -0.05) is 24.3 Å². The summed E-state index contributed by atoms with van der Waals surface area (Å²) < 4.78 is 10.7. The van der Waals surface area contributed by atoms with Gasteiger partial charge in [0.2, 0.25) is 5.91 Å². The van der Waals surface area contributed by atoms with Crippen molar-refractivity contribution in [3.8, 4) is 0 Å². The molecule has 0 aliphatic carbocycles. The number of para-hydroxylation sites is 1. The van der Waals surface area contributed by atoms with Gasteiger partial charge in [0.1, 0.15) is 11.0 Å². The highest BCUT2D eigenvalue weighted by atomic mass is 32.1. The minimum absolute atomic E-state index is 0.219. The molecule has 178 valence electrons. The largest absolute Gasteiger partial charge is 0.467 e. The molecule has 1 unspecified atom stereocenters. The van der Waals surface area contributed by atoms with Crippen molar-refractivity contribution in [3.63, 3.8) is 0 Å². The van der Waals surface area contributed by atoms with E-state index in [0.29, 0.717) is 17.8 Å². The van der Waals surface area contributed by atoms with Gasteiger partial charge in [-0.15, -0.1) is 11.3 Å². The fraction of sp³-hybridized carbons (Fsp3) is 0.417. The average Bonchev–Trinajstić information content (AvgIpc) is 3.52. The van der Waals surface area contributed by atoms with Crippen LogP contribution in [0.1, 0.15) is 43.7 Å². The van der Waals surface area contributed by atoms with Gasteiger partial charge in [0.25, 0.3) is 5.91 Å². The number of hydrogen-bond donors (Lipinski definition) is 0. The molecule has 0 radical (unpaired) electrons. The first-order chi connectivity index (χ1) is 16.1. The Bertz CT molecular complexity index is 1190. The van der Waals surface area contributed by atoms with Gasteiger partial charge in [-0.2, -0.15) is 0 Å². The molecule has 1 aromatic heterocycles. The number of methoxy groups -OCH3 is 1. The monoisotopic (exact) mass is 483 g/mol. The number of carbonyl (C=O) groups excluding carboxylic acids is 4. The molecular weight excluding hydrogens is 458 g/mol. The Labute approximate surface area is 200 Å². The summed E-state index contributed by atoms with van der Waals surface area (Å²) in [5.74, 6) is -1.60. The zero-order valence-electron chi connectivity index (χ0n) is 19.3. The highest BCUT2D eigenvalue weighted by molar-refractivity contribution is 7.10. The fourth-order valence-electron chi connectivity index (χ4n) is 5.36. The summed E-state index contributed by atoms with van der Waals surface area (Å²) in [7, 11) is 1.23. The molecule has 4 heterocycles. The van der Waals surface area contributed by atoms with Crippen LogP contribution in [-0.2, 0) is 29.3 Å². The Hall–Kier alpha value is -3.24. The molecule has 1 spiro atoms. The molecule has 1 aromatic carbocycles. The SMILES string of the molecule is COC(=O)[C@H]1N2C(=O)CCN2[C@@H](c2cccs2)C12C(=O)N(C(=O)OC(C)(C)C)c1ccccc12. The lowest BCUT2D eigenvalue weighted by molar-refractivity contribution is -0.158. The lowest BCUT2D eigenvalue weighted by Gasteiger charge is -2.33. The lowest BCUT2D eigenvalue weighted by atomic mass is 9.69. The molecule has 0 bridgehead atoms. The Balaban J connectivity index is 1.79. The van der Waals surface area contributed by atoms with E-state index in [1.165, 1.54) is 23.5 Å². The number of esters is 1. The normalized spacial score (nSPS) is 26.2. The Kier molecular flexibility index (Phi) is 5.07. The first kappa shape index (κ1) is 22.5. The summed E-state index contributed by atoms with van der Waals surface area (Å²) in [6.45, 7) is 5.50. The molecule has 10 heteroatoms. The summed E-state index contributed by atoms with van der Waals surface area (Å²) >= 11 is 1.43. The molecule has 34 heavy (non-hydrogen) atoms. The van der Waals surface area contributed by atoms with Crippen LogP contribution in [0.3, 0.4) is 0 Å². The van der Waals surface area contributed by atoms with Gasteiger partial charge in [0.05, 0.1) is 18.8 Å². The third kappa shape index (κ3) is 2.94. The fourth-order valence-corrected chi connectivity index (χ4v) is 6.27. The number of hydrogen-bond acceptors (Lipinski definition) is 8. The van der Waals surface area contributed by atoms with E-state index in [9.17, 15) is 19.2 Å². The number of benzene rings is 1. The first-order valence-electron chi connectivity index (χ1n) is 11.0. The number of imide groups is 1. The summed E-state index contributed by atoms with van der Waals surface area (Å²) in [5.41, 5.74) is -1.60. The molecule has 0 saturated carbocycles.